The summed E-state index contributed by atoms with van der Waals surface area (Å²) >= 11 is 5.61. The first-order chi connectivity index (χ1) is 11.6. The summed E-state index contributed by atoms with van der Waals surface area (Å²) in [5.74, 6) is -1.27. The van der Waals surface area contributed by atoms with Gasteiger partial charge in [-0.2, -0.15) is 0 Å². The van der Waals surface area contributed by atoms with Gasteiger partial charge in [-0.3, -0.25) is 4.79 Å². The van der Waals surface area contributed by atoms with Crippen molar-refractivity contribution in [2.24, 2.45) is 0 Å². The van der Waals surface area contributed by atoms with Crippen molar-refractivity contribution in [1.82, 2.24) is 4.98 Å². The maximum Gasteiger partial charge on any atom is 0.376 e. The molecule has 1 aliphatic rings. The van der Waals surface area contributed by atoms with Crippen molar-refractivity contribution in [2.45, 2.75) is 39.5 Å². The lowest BCUT2D eigenvalue weighted by molar-refractivity contribution is -0.113. The van der Waals surface area contributed by atoms with Crippen molar-refractivity contribution in [2.75, 3.05) is 17.8 Å². The number of aryl methyl sites for hydroxylation is 2. The number of amides is 1. The monoisotopic (exact) mass is 350 g/mol. The van der Waals surface area contributed by atoms with Gasteiger partial charge in [-0.1, -0.05) is 0 Å². The molecule has 2 heterocycles. The largest absolute Gasteiger partial charge is 0.460 e. The smallest absolute Gasteiger partial charge is 0.376 e. The van der Waals surface area contributed by atoms with Gasteiger partial charge >= 0.3 is 5.97 Å². The summed E-state index contributed by atoms with van der Waals surface area (Å²) in [6.45, 7) is 3.86. The molecule has 0 spiro atoms. The Morgan fingerprint density at radius 2 is 2.00 bits per heavy atom. The van der Waals surface area contributed by atoms with Gasteiger partial charge in [-0.05, 0) is 50.7 Å². The molecular formula is C17H19ClN2O4. The number of pyridine rings is 1. The molecular weight excluding hydrogens is 332 g/mol. The Balaban J connectivity index is 2.25. The van der Waals surface area contributed by atoms with Crippen molar-refractivity contribution in [1.29, 1.82) is 0 Å². The molecule has 0 unspecified atom stereocenters. The van der Waals surface area contributed by atoms with E-state index in [1.54, 1.807) is 6.92 Å². The van der Waals surface area contributed by atoms with Gasteiger partial charge in [0.1, 0.15) is 11.6 Å². The first kappa shape index (κ1) is 16.8. The van der Waals surface area contributed by atoms with Crippen molar-refractivity contribution in [3.63, 3.8) is 0 Å². The van der Waals surface area contributed by atoms with Crippen molar-refractivity contribution in [3.05, 3.63) is 22.6 Å². The number of anilines is 1. The van der Waals surface area contributed by atoms with Crippen LogP contribution >= 0.6 is 11.6 Å². The number of alkyl halides is 1. The quantitative estimate of drug-likeness (QED) is 0.675. The molecule has 2 aromatic heterocycles. The number of fused-ring (bicyclic) bond motifs is 3. The van der Waals surface area contributed by atoms with E-state index >= 15 is 0 Å². The van der Waals surface area contributed by atoms with Crippen LogP contribution in [0.2, 0.25) is 0 Å². The minimum atomic E-state index is -0.623. The van der Waals surface area contributed by atoms with Gasteiger partial charge in [0.25, 0.3) is 0 Å². The molecule has 0 aromatic carbocycles. The van der Waals surface area contributed by atoms with Crippen LogP contribution in [-0.2, 0) is 22.4 Å². The van der Waals surface area contributed by atoms with Gasteiger partial charge < -0.3 is 14.5 Å². The van der Waals surface area contributed by atoms with Crippen LogP contribution in [0.5, 0.6) is 0 Å². The number of esters is 1. The van der Waals surface area contributed by atoms with E-state index in [0.717, 1.165) is 36.9 Å². The SMILES string of the molecule is CCOC(=O)c1oc2nc(C)c3c(c2c1NC(=O)CCl)CCCC3. The Morgan fingerprint density at radius 1 is 1.29 bits per heavy atom. The molecule has 0 radical (unpaired) electrons. The zero-order valence-corrected chi connectivity index (χ0v) is 14.5. The third kappa shape index (κ3) is 2.86. The van der Waals surface area contributed by atoms with E-state index in [2.05, 4.69) is 10.3 Å². The lowest BCUT2D eigenvalue weighted by atomic mass is 9.89. The number of carbonyl (C=O) groups excluding carboxylic acids is 2. The van der Waals surface area contributed by atoms with Crippen LogP contribution in [0.15, 0.2) is 4.42 Å². The van der Waals surface area contributed by atoms with Crippen molar-refractivity contribution >= 4 is 40.3 Å². The Hall–Kier alpha value is -2.08. The molecule has 0 fully saturated rings. The number of furan rings is 1. The van der Waals surface area contributed by atoms with E-state index in [4.69, 9.17) is 20.8 Å². The first-order valence-corrected chi connectivity index (χ1v) is 8.58. The summed E-state index contributed by atoms with van der Waals surface area (Å²) < 4.78 is 10.7. The third-order valence-corrected chi connectivity index (χ3v) is 4.45. The first-order valence-electron chi connectivity index (χ1n) is 8.04. The number of aromatic nitrogens is 1. The molecule has 3 rings (SSSR count). The number of carbonyl (C=O) groups is 2. The number of hydrogen-bond donors (Lipinski definition) is 1. The Kier molecular flexibility index (Phi) is 4.76. The fourth-order valence-electron chi connectivity index (χ4n) is 3.21. The van der Waals surface area contributed by atoms with Crippen LogP contribution in [0.1, 0.15) is 47.1 Å². The standard InChI is InChI=1S/C17H19ClN2O4/c1-3-23-17(22)15-14(20-12(21)8-18)13-11-7-5-4-6-10(11)9(2)19-16(13)24-15/h3-8H2,1-2H3,(H,20,21). The molecule has 24 heavy (non-hydrogen) atoms. The predicted molar refractivity (Wildman–Crippen MR) is 90.7 cm³/mol. The number of nitrogens with one attached hydrogen (secondary N) is 1. The number of rotatable bonds is 4. The maximum absolute atomic E-state index is 12.2. The Labute approximate surface area is 144 Å². The molecule has 0 bridgehead atoms. The highest BCUT2D eigenvalue weighted by Gasteiger charge is 2.28. The van der Waals surface area contributed by atoms with E-state index in [0.29, 0.717) is 16.8 Å². The molecule has 0 saturated heterocycles. The maximum atomic E-state index is 12.2. The van der Waals surface area contributed by atoms with Crippen molar-refractivity contribution in [3.8, 4) is 0 Å². The number of hydrogen-bond acceptors (Lipinski definition) is 5. The highest BCUT2D eigenvalue weighted by atomic mass is 35.5. The molecule has 1 amide bonds. The highest BCUT2D eigenvalue weighted by Crippen LogP contribution is 2.38. The second-order valence-electron chi connectivity index (χ2n) is 5.75. The van der Waals surface area contributed by atoms with E-state index in [1.807, 2.05) is 6.92 Å². The summed E-state index contributed by atoms with van der Waals surface area (Å²) in [6.07, 6.45) is 3.95. The molecule has 7 heteroatoms. The van der Waals surface area contributed by atoms with Crippen molar-refractivity contribution < 1.29 is 18.7 Å². The topological polar surface area (TPSA) is 81.4 Å². The molecule has 1 aliphatic carbocycles. The summed E-state index contributed by atoms with van der Waals surface area (Å²) in [5, 5.41) is 3.38. The van der Waals surface area contributed by atoms with Gasteiger partial charge in [0, 0.05) is 5.69 Å². The summed E-state index contributed by atoms with van der Waals surface area (Å²) in [6, 6.07) is 0. The molecule has 0 atom stereocenters. The predicted octanol–water partition coefficient (Wildman–Crippen LogP) is 3.37. The minimum Gasteiger partial charge on any atom is -0.460 e. The van der Waals surface area contributed by atoms with Crippen LogP contribution in [0.4, 0.5) is 5.69 Å². The Morgan fingerprint density at radius 3 is 2.67 bits per heavy atom. The summed E-state index contributed by atoms with van der Waals surface area (Å²) in [4.78, 5) is 28.6. The zero-order valence-electron chi connectivity index (χ0n) is 13.7. The summed E-state index contributed by atoms with van der Waals surface area (Å²) in [7, 11) is 0. The Bertz CT molecular complexity index is 813. The molecule has 1 N–H and O–H groups in total. The lowest BCUT2D eigenvalue weighted by Crippen LogP contribution is -2.16. The highest BCUT2D eigenvalue weighted by molar-refractivity contribution is 6.29. The van der Waals surface area contributed by atoms with Gasteiger partial charge in [-0.15, -0.1) is 11.6 Å². The fraction of sp³-hybridized carbons (Fsp3) is 0.471. The van der Waals surface area contributed by atoms with E-state index in [-0.39, 0.29) is 18.2 Å². The van der Waals surface area contributed by atoms with Gasteiger partial charge in [0.15, 0.2) is 0 Å². The van der Waals surface area contributed by atoms with E-state index < -0.39 is 11.9 Å². The minimum absolute atomic E-state index is 0.0313. The van der Waals surface area contributed by atoms with Crippen LogP contribution in [0, 0.1) is 6.92 Å². The van der Waals surface area contributed by atoms with Crippen LogP contribution in [0.3, 0.4) is 0 Å². The number of ether oxygens (including phenoxy) is 1. The summed E-state index contributed by atoms with van der Waals surface area (Å²) in [5.41, 5.74) is 3.83. The van der Waals surface area contributed by atoms with Crippen LogP contribution in [0.25, 0.3) is 11.1 Å². The molecule has 6 nitrogen and oxygen atoms in total. The van der Waals surface area contributed by atoms with Gasteiger partial charge in [-0.25, -0.2) is 9.78 Å². The average Bonchev–Trinajstić information content (AvgIpc) is 2.93. The average molecular weight is 351 g/mol. The lowest BCUT2D eigenvalue weighted by Gasteiger charge is -2.18. The molecule has 2 aromatic rings. The van der Waals surface area contributed by atoms with E-state index in [9.17, 15) is 9.59 Å². The van der Waals surface area contributed by atoms with E-state index in [1.165, 1.54) is 5.56 Å². The van der Waals surface area contributed by atoms with Crippen LogP contribution < -0.4 is 5.32 Å². The third-order valence-electron chi connectivity index (χ3n) is 4.21. The fourth-order valence-corrected chi connectivity index (χ4v) is 3.28. The molecule has 128 valence electrons. The molecule has 0 aliphatic heterocycles. The number of halogens is 1. The number of nitrogens with zero attached hydrogens (tertiary/aromatic N) is 1. The molecule has 0 saturated carbocycles. The van der Waals surface area contributed by atoms with Gasteiger partial charge in [0.05, 0.1) is 12.0 Å². The normalized spacial score (nSPS) is 13.6. The zero-order chi connectivity index (χ0) is 17.3. The second-order valence-corrected chi connectivity index (χ2v) is 6.02. The van der Waals surface area contributed by atoms with Crippen LogP contribution in [-0.4, -0.2) is 29.3 Å². The second kappa shape index (κ2) is 6.81. The van der Waals surface area contributed by atoms with Gasteiger partial charge in [0.2, 0.25) is 17.4 Å².